The third-order valence-electron chi connectivity index (χ3n) is 9.89. The van der Waals surface area contributed by atoms with E-state index < -0.39 is 75.0 Å². The molecule has 0 bridgehead atoms. The van der Waals surface area contributed by atoms with Crippen molar-refractivity contribution in [3.05, 3.63) is 23.8 Å². The van der Waals surface area contributed by atoms with Crippen LogP contribution in [0.1, 0.15) is 40.0 Å². The average Bonchev–Trinajstić information content (AvgIpc) is 2.98. The molecule has 0 radical (unpaired) electrons. The first-order valence-corrected chi connectivity index (χ1v) is 14.5. The first-order chi connectivity index (χ1) is 16.9. The van der Waals surface area contributed by atoms with Crippen LogP contribution in [0.5, 0.6) is 0 Å². The summed E-state index contributed by atoms with van der Waals surface area (Å²) in [4.78, 5) is 38.6. The summed E-state index contributed by atoms with van der Waals surface area (Å²) in [5.74, 6) is -2.42. The maximum absolute atomic E-state index is 17.3. The van der Waals surface area contributed by atoms with Gasteiger partial charge < -0.3 is 9.84 Å². The molecule has 9 atom stereocenters. The minimum Gasteiger partial charge on any atom is -0.449 e. The molecular formula is C26H31F3O5S2. The number of thioether (sulfide) groups is 2. The van der Waals surface area contributed by atoms with Crippen molar-refractivity contribution in [3.63, 3.8) is 0 Å². The number of aliphatic hydroxyl groups excluding tert-OH is 1. The number of ketones is 1. The summed E-state index contributed by atoms with van der Waals surface area (Å²) in [7, 11) is 0. The Bertz CT molecular complexity index is 1060. The van der Waals surface area contributed by atoms with Crippen molar-refractivity contribution >= 4 is 40.4 Å². The number of rotatable bonds is 4. The molecule has 0 aromatic carbocycles. The maximum atomic E-state index is 17.3. The Morgan fingerprint density at radius 2 is 1.94 bits per heavy atom. The van der Waals surface area contributed by atoms with Crippen LogP contribution in [0, 0.1) is 34.5 Å². The highest BCUT2D eigenvalue weighted by molar-refractivity contribution is 8.13. The minimum absolute atomic E-state index is 0.0201. The Kier molecular flexibility index (Phi) is 6.32. The van der Waals surface area contributed by atoms with Crippen LogP contribution in [0.3, 0.4) is 0 Å². The lowest BCUT2D eigenvalue weighted by molar-refractivity contribution is -0.229. The standard InChI is InChI=1S/C26H31F3O5S2/c1-13-6-16-17-8-19(28)18-7-15(30)4-5-23(18,2)25(17,29)20(31)9-24(16,3)26(13,22(33)36-12-27)34-21(32)14-10-35-11-14/h4-5,7,13-14,16-17,19-20,31H,6,8-12H2,1-3H3/t13-,16+,17+,19+,20+,23+,24+,25+,26+/m1/s1. The highest BCUT2D eigenvalue weighted by atomic mass is 32.2. The number of carbonyl (C=O) groups excluding carboxylic acids is 3. The van der Waals surface area contributed by atoms with Crippen LogP contribution in [0.4, 0.5) is 13.2 Å². The van der Waals surface area contributed by atoms with E-state index in [2.05, 4.69) is 0 Å². The Balaban J connectivity index is 1.62. The fraction of sp³-hybridized carbons (Fsp3) is 0.731. The fourth-order valence-electron chi connectivity index (χ4n) is 7.99. The average molecular weight is 545 g/mol. The molecule has 1 N–H and O–H groups in total. The number of esters is 1. The molecule has 0 aromatic heterocycles. The van der Waals surface area contributed by atoms with Gasteiger partial charge >= 0.3 is 5.97 Å². The number of aliphatic hydroxyl groups is 1. The van der Waals surface area contributed by atoms with Gasteiger partial charge in [0.1, 0.15) is 12.2 Å². The van der Waals surface area contributed by atoms with E-state index in [1.54, 1.807) is 25.6 Å². The van der Waals surface area contributed by atoms with E-state index in [4.69, 9.17) is 4.74 Å². The van der Waals surface area contributed by atoms with Gasteiger partial charge in [-0.05, 0) is 61.6 Å². The van der Waals surface area contributed by atoms with Crippen LogP contribution >= 0.6 is 23.5 Å². The molecule has 3 saturated carbocycles. The topological polar surface area (TPSA) is 80.7 Å². The second-order valence-electron chi connectivity index (χ2n) is 11.4. The molecule has 5 nitrogen and oxygen atoms in total. The lowest BCUT2D eigenvalue weighted by Crippen LogP contribution is -2.70. The van der Waals surface area contributed by atoms with Gasteiger partial charge in [0, 0.05) is 34.2 Å². The Hall–Kier alpha value is -1.26. The summed E-state index contributed by atoms with van der Waals surface area (Å²) in [5.41, 5.74) is -6.83. The lowest BCUT2D eigenvalue weighted by Gasteiger charge is -2.63. The highest BCUT2D eigenvalue weighted by Gasteiger charge is 2.78. The summed E-state index contributed by atoms with van der Waals surface area (Å²) in [6, 6.07) is -1.01. The first-order valence-electron chi connectivity index (χ1n) is 12.4. The molecule has 0 amide bonds. The number of hydrogen-bond donors (Lipinski definition) is 1. The van der Waals surface area contributed by atoms with Crippen molar-refractivity contribution in [1.29, 1.82) is 0 Å². The summed E-state index contributed by atoms with van der Waals surface area (Å²) in [6.07, 6.45) is 0.232. The fourth-order valence-corrected chi connectivity index (χ4v) is 9.52. The van der Waals surface area contributed by atoms with Gasteiger partial charge in [0.2, 0.25) is 5.12 Å². The minimum atomic E-state index is -2.30. The quantitative estimate of drug-likeness (QED) is 0.526. The summed E-state index contributed by atoms with van der Waals surface area (Å²) in [6.45, 7) is 4.94. The Morgan fingerprint density at radius 1 is 1.25 bits per heavy atom. The largest absolute Gasteiger partial charge is 0.449 e. The number of allylic oxidation sites excluding steroid dienone is 4. The van der Waals surface area contributed by atoms with Gasteiger partial charge in [-0.3, -0.25) is 14.4 Å². The van der Waals surface area contributed by atoms with E-state index >= 15 is 8.78 Å². The van der Waals surface area contributed by atoms with Crippen LogP contribution in [0.25, 0.3) is 0 Å². The van der Waals surface area contributed by atoms with Crippen molar-refractivity contribution in [2.75, 3.05) is 17.5 Å². The molecule has 5 rings (SSSR count). The molecular weight excluding hydrogens is 513 g/mol. The second kappa shape index (κ2) is 8.63. The first kappa shape index (κ1) is 26.4. The molecule has 198 valence electrons. The molecule has 1 heterocycles. The van der Waals surface area contributed by atoms with Gasteiger partial charge in [0.05, 0.1) is 12.0 Å². The van der Waals surface area contributed by atoms with Crippen molar-refractivity contribution in [2.24, 2.45) is 34.5 Å². The Morgan fingerprint density at radius 3 is 2.56 bits per heavy atom. The van der Waals surface area contributed by atoms with E-state index in [9.17, 15) is 23.9 Å². The maximum Gasteiger partial charge on any atom is 0.311 e. The molecule has 0 unspecified atom stereocenters. The van der Waals surface area contributed by atoms with Crippen LogP contribution < -0.4 is 0 Å². The molecule has 10 heteroatoms. The summed E-state index contributed by atoms with van der Waals surface area (Å²) in [5, 5.41) is 10.8. The molecule has 4 aliphatic carbocycles. The van der Waals surface area contributed by atoms with Crippen LogP contribution in [0.15, 0.2) is 23.8 Å². The van der Waals surface area contributed by atoms with Gasteiger partial charge in [0.15, 0.2) is 17.1 Å². The number of fused-ring (bicyclic) bond motifs is 5. The number of halogens is 3. The molecule has 36 heavy (non-hydrogen) atoms. The summed E-state index contributed by atoms with van der Waals surface area (Å²) >= 11 is 2.00. The van der Waals surface area contributed by atoms with Gasteiger partial charge in [-0.15, -0.1) is 0 Å². The van der Waals surface area contributed by atoms with Gasteiger partial charge in [0.25, 0.3) is 0 Å². The monoisotopic (exact) mass is 544 g/mol. The molecule has 1 aliphatic heterocycles. The van der Waals surface area contributed by atoms with E-state index in [-0.39, 0.29) is 30.8 Å². The third-order valence-corrected chi connectivity index (χ3v) is 11.8. The zero-order valence-corrected chi connectivity index (χ0v) is 22.1. The van der Waals surface area contributed by atoms with Crippen molar-refractivity contribution < 1.29 is 37.4 Å². The molecule has 0 spiro atoms. The van der Waals surface area contributed by atoms with Crippen molar-refractivity contribution in [2.45, 2.75) is 63.6 Å². The molecule has 4 fully saturated rings. The number of hydrogen-bond acceptors (Lipinski definition) is 7. The van der Waals surface area contributed by atoms with Crippen LogP contribution in [0.2, 0.25) is 0 Å². The predicted molar refractivity (Wildman–Crippen MR) is 131 cm³/mol. The van der Waals surface area contributed by atoms with Gasteiger partial charge in [-0.2, -0.15) is 11.8 Å². The van der Waals surface area contributed by atoms with Crippen molar-refractivity contribution in [3.8, 4) is 0 Å². The van der Waals surface area contributed by atoms with E-state index in [0.717, 1.165) is 6.08 Å². The molecule has 5 aliphatic rings. The number of alkyl halides is 3. The van der Waals surface area contributed by atoms with E-state index in [1.165, 1.54) is 19.1 Å². The second-order valence-corrected chi connectivity index (χ2v) is 13.4. The molecule has 0 aromatic rings. The van der Waals surface area contributed by atoms with Crippen molar-refractivity contribution in [1.82, 2.24) is 0 Å². The zero-order valence-electron chi connectivity index (χ0n) is 20.5. The summed E-state index contributed by atoms with van der Waals surface area (Å²) < 4.78 is 52.4. The Labute approximate surface area is 217 Å². The van der Waals surface area contributed by atoms with Crippen LogP contribution in [-0.2, 0) is 19.1 Å². The lowest BCUT2D eigenvalue weighted by atomic mass is 9.44. The van der Waals surface area contributed by atoms with E-state index in [0.29, 0.717) is 23.3 Å². The van der Waals surface area contributed by atoms with Crippen LogP contribution in [-0.4, -0.2) is 63.0 Å². The van der Waals surface area contributed by atoms with Gasteiger partial charge in [-0.25, -0.2) is 13.2 Å². The smallest absolute Gasteiger partial charge is 0.311 e. The predicted octanol–water partition coefficient (Wildman–Crippen LogP) is 4.38. The SMILES string of the molecule is C[C@@H]1C[C@H]2[C@@H]3C[C@H](F)C4=CC(=O)C=C[C@]4(C)[C@@]3(F)[C@@H](O)C[C@]2(C)[C@@]1(OC(=O)C1CSC1)C(=O)SCF. The van der Waals surface area contributed by atoms with E-state index in [1.807, 2.05) is 0 Å². The zero-order chi connectivity index (χ0) is 26.3. The van der Waals surface area contributed by atoms with Gasteiger partial charge in [-0.1, -0.05) is 19.9 Å². The number of ether oxygens (including phenoxy) is 1. The molecule has 1 saturated heterocycles. The third kappa shape index (κ3) is 3.19. The highest BCUT2D eigenvalue weighted by Crippen LogP contribution is 2.72. The number of carbonyl (C=O) groups is 3. The normalized spacial score (nSPS) is 47.8.